The van der Waals surface area contributed by atoms with Crippen molar-refractivity contribution in [1.29, 1.82) is 0 Å². The smallest absolute Gasteiger partial charge is 0.230 e. The number of phenolic OH excluding ortho intramolecular Hbond substituents is 1. The maximum Gasteiger partial charge on any atom is 0.230 e. The number of rotatable bonds is 3. The highest BCUT2D eigenvalue weighted by Gasteiger charge is 2.39. The lowest BCUT2D eigenvalue weighted by atomic mass is 9.88. The summed E-state index contributed by atoms with van der Waals surface area (Å²) in [6.45, 7) is 1.96. The molecule has 4 aromatic heterocycles. The maximum absolute atomic E-state index is 11.1. The predicted octanol–water partition coefficient (Wildman–Crippen LogP) is 6.02. The second-order valence-electron chi connectivity index (χ2n) is 9.45. The van der Waals surface area contributed by atoms with Crippen molar-refractivity contribution in [3.8, 4) is 34.6 Å². The molecule has 0 bridgehead atoms. The Morgan fingerprint density at radius 3 is 2.56 bits per heavy atom. The van der Waals surface area contributed by atoms with Gasteiger partial charge in [0.25, 0.3) is 0 Å². The lowest BCUT2D eigenvalue weighted by Gasteiger charge is -2.24. The van der Waals surface area contributed by atoms with Gasteiger partial charge in [-0.25, -0.2) is 19.2 Å². The zero-order chi connectivity index (χ0) is 26.1. The topological polar surface area (TPSA) is 104 Å². The molecule has 0 radical (unpaired) electrons. The number of hydrogen-bond acceptors (Lipinski definition) is 7. The van der Waals surface area contributed by atoms with Gasteiger partial charge in [-0.3, -0.25) is 0 Å². The first-order valence-electron chi connectivity index (χ1n) is 12.5. The highest BCUT2D eigenvalue weighted by Crippen LogP contribution is 2.50. The fraction of sp³-hybridized carbons (Fsp3) is 0.0667. The van der Waals surface area contributed by atoms with E-state index in [-0.39, 0.29) is 11.7 Å². The van der Waals surface area contributed by atoms with E-state index >= 15 is 0 Å². The van der Waals surface area contributed by atoms with E-state index in [1.807, 2.05) is 85.8 Å². The Kier molecular flexibility index (Phi) is 4.45. The largest absolute Gasteiger partial charge is 0.507 e. The number of aromatic nitrogens is 6. The maximum atomic E-state index is 11.1. The van der Waals surface area contributed by atoms with Crippen molar-refractivity contribution in [3.05, 3.63) is 114 Å². The third-order valence-electron chi connectivity index (χ3n) is 7.19. The fourth-order valence-corrected chi connectivity index (χ4v) is 5.41. The molecule has 0 aliphatic carbocycles. The van der Waals surface area contributed by atoms with Crippen LogP contribution in [0.15, 0.2) is 95.9 Å². The van der Waals surface area contributed by atoms with E-state index in [0.717, 1.165) is 33.3 Å². The number of para-hydroxylation sites is 1. The highest BCUT2D eigenvalue weighted by atomic mass is 16.5. The second-order valence-corrected chi connectivity index (χ2v) is 9.45. The third-order valence-corrected chi connectivity index (χ3v) is 7.19. The summed E-state index contributed by atoms with van der Waals surface area (Å²) in [7, 11) is 0. The number of aryl methyl sites for hydroxylation is 1. The van der Waals surface area contributed by atoms with E-state index in [4.69, 9.17) is 19.2 Å². The molecule has 5 heterocycles. The van der Waals surface area contributed by atoms with Crippen LogP contribution in [0.4, 0.5) is 0 Å². The van der Waals surface area contributed by atoms with Gasteiger partial charge >= 0.3 is 0 Å². The monoisotopic (exact) mass is 512 g/mol. The number of ether oxygens (including phenoxy) is 1. The van der Waals surface area contributed by atoms with E-state index in [9.17, 15) is 5.11 Å². The van der Waals surface area contributed by atoms with Crippen LogP contribution in [0, 0.1) is 6.92 Å². The van der Waals surface area contributed by atoms with Crippen molar-refractivity contribution < 1.29 is 14.3 Å². The van der Waals surface area contributed by atoms with Gasteiger partial charge in [0.05, 0.1) is 40.3 Å². The average Bonchev–Trinajstić information content (AvgIpc) is 3.72. The summed E-state index contributed by atoms with van der Waals surface area (Å²) in [6, 6.07) is 25.1. The van der Waals surface area contributed by atoms with Crippen molar-refractivity contribution >= 4 is 16.4 Å². The first-order valence-corrected chi connectivity index (χ1v) is 12.5. The van der Waals surface area contributed by atoms with Crippen LogP contribution in [0.25, 0.3) is 33.5 Å². The average molecular weight is 513 g/mol. The summed E-state index contributed by atoms with van der Waals surface area (Å²) in [4.78, 5) is 9.52. The molecule has 0 saturated carbocycles. The lowest BCUT2D eigenvalue weighted by molar-refractivity contribution is 0.392. The molecule has 1 aliphatic heterocycles. The number of phenols is 1. The van der Waals surface area contributed by atoms with Gasteiger partial charge in [0.15, 0.2) is 11.5 Å². The number of furan rings is 1. The van der Waals surface area contributed by atoms with Crippen LogP contribution in [0.3, 0.4) is 0 Å². The molecular weight excluding hydrogens is 492 g/mol. The van der Waals surface area contributed by atoms with Crippen molar-refractivity contribution in [3.63, 3.8) is 0 Å². The Labute approximate surface area is 221 Å². The van der Waals surface area contributed by atoms with Crippen LogP contribution in [0.5, 0.6) is 17.5 Å². The van der Waals surface area contributed by atoms with Gasteiger partial charge in [-0.1, -0.05) is 48.5 Å². The molecule has 1 N–H and O–H groups in total. The Morgan fingerprint density at radius 2 is 1.72 bits per heavy atom. The van der Waals surface area contributed by atoms with Crippen molar-refractivity contribution in [2.45, 2.75) is 12.8 Å². The standard InChI is InChI=1S/C30H20N6O3/c1-17-23-24(22-12-7-15-38-22)25-28-32-27(21-14-13-18-8-5-6-11-20(18)26(21)37)34-35(28)16-31-29(25)39-30(23)36(33-17)19-9-3-2-4-10-19/h2-16,24,37H,1H3/t24-/m0/s1. The molecule has 188 valence electrons. The molecular formula is C30H20N6O3. The molecule has 0 fully saturated rings. The van der Waals surface area contributed by atoms with Crippen LogP contribution in [-0.2, 0) is 0 Å². The number of hydrogen-bond donors (Lipinski definition) is 1. The predicted molar refractivity (Wildman–Crippen MR) is 143 cm³/mol. The lowest BCUT2D eigenvalue weighted by Crippen LogP contribution is -2.15. The zero-order valence-electron chi connectivity index (χ0n) is 20.7. The molecule has 0 unspecified atom stereocenters. The molecule has 7 aromatic rings. The highest BCUT2D eigenvalue weighted by molar-refractivity contribution is 5.93. The minimum atomic E-state index is -0.380. The quantitative estimate of drug-likeness (QED) is 0.309. The van der Waals surface area contributed by atoms with Crippen LogP contribution < -0.4 is 4.74 Å². The molecule has 0 spiro atoms. The fourth-order valence-electron chi connectivity index (χ4n) is 5.41. The van der Waals surface area contributed by atoms with Gasteiger partial charge in [0.2, 0.25) is 11.8 Å². The van der Waals surface area contributed by atoms with Gasteiger partial charge in [-0.15, -0.1) is 5.10 Å². The normalized spacial score (nSPS) is 14.3. The van der Waals surface area contributed by atoms with Gasteiger partial charge in [0.1, 0.15) is 17.8 Å². The molecule has 9 nitrogen and oxygen atoms in total. The Hall–Kier alpha value is -5.44. The van der Waals surface area contributed by atoms with Gasteiger partial charge < -0.3 is 14.3 Å². The van der Waals surface area contributed by atoms with Crippen LogP contribution >= 0.6 is 0 Å². The van der Waals surface area contributed by atoms with Crippen LogP contribution in [0.2, 0.25) is 0 Å². The minimum Gasteiger partial charge on any atom is -0.507 e. The Bertz CT molecular complexity index is 2030. The van der Waals surface area contributed by atoms with E-state index in [0.29, 0.717) is 34.6 Å². The summed E-state index contributed by atoms with van der Waals surface area (Å²) >= 11 is 0. The van der Waals surface area contributed by atoms with Crippen molar-refractivity contribution in [2.24, 2.45) is 0 Å². The summed E-state index contributed by atoms with van der Waals surface area (Å²) in [5, 5.41) is 22.3. The molecule has 8 rings (SSSR count). The number of nitrogens with zero attached hydrogens (tertiary/aromatic N) is 6. The summed E-state index contributed by atoms with van der Waals surface area (Å²) in [5.41, 5.74) is 4.35. The molecule has 0 saturated heterocycles. The third kappa shape index (κ3) is 3.13. The van der Waals surface area contributed by atoms with Crippen LogP contribution in [0.1, 0.15) is 28.5 Å². The SMILES string of the molecule is Cc1nn(-c2ccccc2)c2c1[C@H](c1ccco1)c1c(ncn3nc(-c4ccc5ccccc5c4O)nc13)O2. The van der Waals surface area contributed by atoms with Gasteiger partial charge in [0, 0.05) is 5.39 Å². The van der Waals surface area contributed by atoms with Gasteiger partial charge in [-0.2, -0.15) is 5.10 Å². The second kappa shape index (κ2) is 8.03. The Balaban J connectivity index is 1.36. The number of benzene rings is 3. The minimum absolute atomic E-state index is 0.131. The van der Waals surface area contributed by atoms with Crippen molar-refractivity contribution in [2.75, 3.05) is 0 Å². The zero-order valence-corrected chi connectivity index (χ0v) is 20.7. The number of fused-ring (bicyclic) bond motifs is 5. The van der Waals surface area contributed by atoms with E-state index < -0.39 is 0 Å². The van der Waals surface area contributed by atoms with Gasteiger partial charge in [-0.05, 0) is 42.6 Å². The van der Waals surface area contributed by atoms with Crippen molar-refractivity contribution in [1.82, 2.24) is 29.4 Å². The van der Waals surface area contributed by atoms with Crippen LogP contribution in [-0.4, -0.2) is 34.5 Å². The summed E-state index contributed by atoms with van der Waals surface area (Å²) < 4.78 is 15.8. The molecule has 39 heavy (non-hydrogen) atoms. The first kappa shape index (κ1) is 21.6. The van der Waals surface area contributed by atoms with E-state index in [1.165, 1.54) is 0 Å². The summed E-state index contributed by atoms with van der Waals surface area (Å²) in [6.07, 6.45) is 3.22. The Morgan fingerprint density at radius 1 is 0.872 bits per heavy atom. The molecule has 9 heteroatoms. The molecule has 1 aliphatic rings. The molecule has 3 aromatic carbocycles. The van der Waals surface area contributed by atoms with E-state index in [1.54, 1.807) is 21.8 Å². The van der Waals surface area contributed by atoms with E-state index in [2.05, 4.69) is 10.1 Å². The molecule has 1 atom stereocenters. The first-order chi connectivity index (χ1) is 19.2. The number of aromatic hydroxyl groups is 1. The summed E-state index contributed by atoms with van der Waals surface area (Å²) in [5.74, 6) is 1.83. The molecule has 0 amide bonds.